The first-order valence-electron chi connectivity index (χ1n) is 4.28. The van der Waals surface area contributed by atoms with E-state index in [-0.39, 0.29) is 17.9 Å². The van der Waals surface area contributed by atoms with E-state index in [0.29, 0.717) is 5.57 Å². The fourth-order valence-corrected chi connectivity index (χ4v) is 0.986. The smallest absolute Gasteiger partial charge is 0.247 e. The van der Waals surface area contributed by atoms with Gasteiger partial charge in [0, 0.05) is 5.57 Å². The third-order valence-corrected chi connectivity index (χ3v) is 1.36. The van der Waals surface area contributed by atoms with Crippen LogP contribution >= 0.6 is 0 Å². The lowest BCUT2D eigenvalue weighted by Crippen LogP contribution is -2.25. The van der Waals surface area contributed by atoms with Gasteiger partial charge in [0.05, 0.1) is 6.54 Å². The van der Waals surface area contributed by atoms with Crippen molar-refractivity contribution in [2.75, 3.05) is 6.54 Å². The van der Waals surface area contributed by atoms with E-state index in [1.165, 1.54) is 0 Å². The average molecular weight is 179 g/mol. The highest BCUT2D eigenvalue weighted by Crippen LogP contribution is 2.17. The Labute approximate surface area is 80.4 Å². The molecule has 0 spiro atoms. The van der Waals surface area contributed by atoms with Crippen molar-refractivity contribution in [3.05, 3.63) is 11.6 Å². The van der Waals surface area contributed by atoms with Crippen molar-refractivity contribution in [3.63, 3.8) is 0 Å². The van der Waals surface area contributed by atoms with E-state index in [9.17, 15) is 4.79 Å². The van der Waals surface area contributed by atoms with Gasteiger partial charge in [0.1, 0.15) is 0 Å². The molecule has 13 heavy (non-hydrogen) atoms. The summed E-state index contributed by atoms with van der Waals surface area (Å²) in [6.45, 7) is 8.21. The summed E-state index contributed by atoms with van der Waals surface area (Å²) in [7, 11) is 0. The summed E-state index contributed by atoms with van der Waals surface area (Å²) in [6, 6.07) is 0. The molecule has 1 amide bonds. The van der Waals surface area contributed by atoms with E-state index in [1.54, 1.807) is 6.92 Å². The van der Waals surface area contributed by atoms with Gasteiger partial charge < -0.3 is 5.32 Å². The van der Waals surface area contributed by atoms with Crippen molar-refractivity contribution in [3.8, 4) is 12.3 Å². The topological polar surface area (TPSA) is 29.1 Å². The summed E-state index contributed by atoms with van der Waals surface area (Å²) in [6.07, 6.45) is 6.95. The maximum absolute atomic E-state index is 11.3. The molecule has 0 fully saturated rings. The van der Waals surface area contributed by atoms with Crippen LogP contribution in [0, 0.1) is 17.8 Å². The van der Waals surface area contributed by atoms with Gasteiger partial charge in [0.25, 0.3) is 0 Å². The number of allylic oxidation sites excluding steroid dienone is 1. The number of nitrogens with one attached hydrogen (secondary N) is 1. The summed E-state index contributed by atoms with van der Waals surface area (Å²) in [5, 5.41) is 2.61. The lowest BCUT2D eigenvalue weighted by atomic mass is 9.94. The van der Waals surface area contributed by atoms with Crippen LogP contribution in [0.4, 0.5) is 0 Å². The zero-order valence-electron chi connectivity index (χ0n) is 8.77. The SMILES string of the molecule is C#CCNC(=O)/C(C)=C/C(C)(C)C. The number of hydrogen-bond acceptors (Lipinski definition) is 1. The number of terminal acetylenes is 1. The fraction of sp³-hybridized carbons (Fsp3) is 0.545. The van der Waals surface area contributed by atoms with Crippen LogP contribution in [0.1, 0.15) is 27.7 Å². The molecule has 0 aliphatic rings. The van der Waals surface area contributed by atoms with Crippen LogP contribution in [0.2, 0.25) is 0 Å². The first kappa shape index (κ1) is 11.8. The molecule has 0 radical (unpaired) electrons. The van der Waals surface area contributed by atoms with E-state index in [4.69, 9.17) is 6.42 Å². The summed E-state index contributed by atoms with van der Waals surface area (Å²) < 4.78 is 0. The highest BCUT2D eigenvalue weighted by Gasteiger charge is 2.09. The minimum atomic E-state index is -0.0899. The third-order valence-electron chi connectivity index (χ3n) is 1.36. The van der Waals surface area contributed by atoms with Crippen molar-refractivity contribution >= 4 is 5.91 Å². The number of rotatable bonds is 2. The summed E-state index contributed by atoms with van der Waals surface area (Å²) in [5.41, 5.74) is 0.736. The molecule has 2 heteroatoms. The van der Waals surface area contributed by atoms with E-state index < -0.39 is 0 Å². The Hall–Kier alpha value is -1.23. The molecule has 0 saturated carbocycles. The molecule has 72 valence electrons. The average Bonchev–Trinajstić information content (AvgIpc) is 1.96. The lowest BCUT2D eigenvalue weighted by molar-refractivity contribution is -0.117. The zero-order valence-corrected chi connectivity index (χ0v) is 8.77. The van der Waals surface area contributed by atoms with Gasteiger partial charge in [-0.2, -0.15) is 0 Å². The molecular weight excluding hydrogens is 162 g/mol. The maximum atomic E-state index is 11.3. The van der Waals surface area contributed by atoms with E-state index in [2.05, 4.69) is 11.2 Å². The molecular formula is C11H17NO. The Morgan fingerprint density at radius 1 is 1.54 bits per heavy atom. The van der Waals surface area contributed by atoms with Crippen molar-refractivity contribution in [1.29, 1.82) is 0 Å². The predicted molar refractivity (Wildman–Crippen MR) is 55.1 cm³/mol. The fourth-order valence-electron chi connectivity index (χ4n) is 0.986. The molecule has 0 aliphatic heterocycles. The monoisotopic (exact) mass is 179 g/mol. The van der Waals surface area contributed by atoms with Crippen molar-refractivity contribution in [2.45, 2.75) is 27.7 Å². The summed E-state index contributed by atoms with van der Waals surface area (Å²) in [5.74, 6) is 2.27. The second kappa shape index (κ2) is 4.71. The van der Waals surface area contributed by atoms with E-state index >= 15 is 0 Å². The minimum Gasteiger partial charge on any atom is -0.341 e. The quantitative estimate of drug-likeness (QED) is 0.507. The van der Waals surface area contributed by atoms with Gasteiger partial charge >= 0.3 is 0 Å². The van der Waals surface area contributed by atoms with E-state index in [1.807, 2.05) is 26.8 Å². The molecule has 0 aromatic carbocycles. The molecule has 0 saturated heterocycles. The van der Waals surface area contributed by atoms with Gasteiger partial charge in [-0.05, 0) is 12.3 Å². The zero-order chi connectivity index (χ0) is 10.5. The van der Waals surface area contributed by atoms with Gasteiger partial charge in [-0.25, -0.2) is 0 Å². The number of carbonyl (C=O) groups excluding carboxylic acids is 1. The molecule has 0 aromatic rings. The normalized spacial score (nSPS) is 12.1. The maximum Gasteiger partial charge on any atom is 0.247 e. The van der Waals surface area contributed by atoms with Crippen LogP contribution in [0.3, 0.4) is 0 Å². The van der Waals surface area contributed by atoms with Crippen molar-refractivity contribution < 1.29 is 4.79 Å². The molecule has 0 bridgehead atoms. The second-order valence-electron chi connectivity index (χ2n) is 4.08. The standard InChI is InChI=1S/C11H17NO/c1-6-7-12-10(13)9(2)8-11(3,4)5/h1,8H,7H2,2-5H3,(H,12,13)/b9-8+. The molecule has 0 heterocycles. The predicted octanol–water partition coefficient (Wildman–Crippen LogP) is 1.73. The Morgan fingerprint density at radius 2 is 2.08 bits per heavy atom. The minimum absolute atomic E-state index is 0.0254. The largest absolute Gasteiger partial charge is 0.341 e. The van der Waals surface area contributed by atoms with Crippen LogP contribution in [-0.2, 0) is 4.79 Å². The van der Waals surface area contributed by atoms with Gasteiger partial charge in [-0.15, -0.1) is 6.42 Å². The summed E-state index contributed by atoms with van der Waals surface area (Å²) in [4.78, 5) is 11.3. The third kappa shape index (κ3) is 5.98. The van der Waals surface area contributed by atoms with Gasteiger partial charge in [-0.1, -0.05) is 32.8 Å². The summed E-state index contributed by atoms with van der Waals surface area (Å²) >= 11 is 0. The van der Waals surface area contributed by atoms with Crippen LogP contribution in [0.5, 0.6) is 0 Å². The van der Waals surface area contributed by atoms with Crippen LogP contribution in [-0.4, -0.2) is 12.5 Å². The number of amides is 1. The van der Waals surface area contributed by atoms with Crippen LogP contribution < -0.4 is 5.32 Å². The van der Waals surface area contributed by atoms with Crippen molar-refractivity contribution in [1.82, 2.24) is 5.32 Å². The van der Waals surface area contributed by atoms with Crippen LogP contribution in [0.25, 0.3) is 0 Å². The van der Waals surface area contributed by atoms with Gasteiger partial charge in [0.15, 0.2) is 0 Å². The molecule has 0 rings (SSSR count). The van der Waals surface area contributed by atoms with Gasteiger partial charge in [0.2, 0.25) is 5.91 Å². The number of hydrogen-bond donors (Lipinski definition) is 1. The molecule has 0 atom stereocenters. The molecule has 0 unspecified atom stereocenters. The Balaban J connectivity index is 4.27. The molecule has 1 N–H and O–H groups in total. The van der Waals surface area contributed by atoms with Crippen LogP contribution in [0.15, 0.2) is 11.6 Å². The first-order chi connectivity index (χ1) is 5.87. The number of carbonyl (C=O) groups is 1. The van der Waals surface area contributed by atoms with Crippen molar-refractivity contribution in [2.24, 2.45) is 5.41 Å². The second-order valence-corrected chi connectivity index (χ2v) is 4.08. The Bertz CT molecular complexity index is 250. The molecule has 2 nitrogen and oxygen atoms in total. The molecule has 0 aliphatic carbocycles. The molecule has 0 aromatic heterocycles. The highest BCUT2D eigenvalue weighted by molar-refractivity contribution is 5.92. The Kier molecular flexibility index (Phi) is 4.27. The first-order valence-corrected chi connectivity index (χ1v) is 4.28. The Morgan fingerprint density at radius 3 is 2.46 bits per heavy atom. The van der Waals surface area contributed by atoms with E-state index in [0.717, 1.165) is 0 Å². The van der Waals surface area contributed by atoms with Gasteiger partial charge in [-0.3, -0.25) is 4.79 Å². The highest BCUT2D eigenvalue weighted by atomic mass is 16.1. The lowest BCUT2D eigenvalue weighted by Gasteiger charge is -2.13.